The molecule has 0 aliphatic carbocycles. The van der Waals surface area contributed by atoms with Gasteiger partial charge in [0.15, 0.2) is 5.17 Å². The largest absolute Gasteiger partial charge is 0.317 e. The lowest BCUT2D eigenvalue weighted by Crippen LogP contribution is -2.19. The van der Waals surface area contributed by atoms with Gasteiger partial charge in [-0.15, -0.1) is 0 Å². The second-order valence-electron chi connectivity index (χ2n) is 5.74. The van der Waals surface area contributed by atoms with Crippen LogP contribution in [0.3, 0.4) is 0 Å². The minimum absolute atomic E-state index is 0.257. The molecule has 1 aromatic heterocycles. The first-order valence-electron chi connectivity index (χ1n) is 8.07. The molecule has 1 aliphatic heterocycles. The quantitative estimate of drug-likeness (QED) is 0.672. The minimum Gasteiger partial charge on any atom is -0.317 e. The van der Waals surface area contributed by atoms with Crippen LogP contribution < -0.4 is 5.32 Å². The van der Waals surface area contributed by atoms with Crippen LogP contribution >= 0.6 is 11.8 Å². The molecular weight excluding hydrogens is 368 g/mol. The Bertz CT molecular complexity index is 1050. The minimum atomic E-state index is -0.343. The number of benzene rings is 2. The maximum absolute atomic E-state index is 13.1. The van der Waals surface area contributed by atoms with Gasteiger partial charge in [-0.05, 0) is 78.5 Å². The van der Waals surface area contributed by atoms with Gasteiger partial charge < -0.3 is 9.88 Å². The number of thioether (sulfide) groups is 1. The third-order valence-electron chi connectivity index (χ3n) is 3.87. The van der Waals surface area contributed by atoms with Crippen LogP contribution in [0.25, 0.3) is 11.8 Å². The van der Waals surface area contributed by atoms with E-state index in [1.165, 1.54) is 48.2 Å². The van der Waals surface area contributed by atoms with Crippen LogP contribution in [0.5, 0.6) is 0 Å². The molecule has 27 heavy (non-hydrogen) atoms. The van der Waals surface area contributed by atoms with E-state index in [4.69, 9.17) is 0 Å². The number of hydrogen-bond acceptors (Lipinski definition) is 3. The van der Waals surface area contributed by atoms with Crippen LogP contribution in [0.1, 0.15) is 5.69 Å². The van der Waals surface area contributed by atoms with Gasteiger partial charge in [-0.2, -0.15) is 0 Å². The average Bonchev–Trinajstić information content (AvgIpc) is 3.25. The molecule has 0 atom stereocenters. The van der Waals surface area contributed by atoms with Crippen molar-refractivity contribution in [3.05, 3.63) is 89.1 Å². The van der Waals surface area contributed by atoms with Gasteiger partial charge in [-0.3, -0.25) is 4.79 Å². The Balaban J connectivity index is 1.60. The number of amides is 1. The number of carbonyl (C=O) groups excluding carboxylic acids is 1. The lowest BCUT2D eigenvalue weighted by molar-refractivity contribution is -0.115. The van der Waals surface area contributed by atoms with Crippen LogP contribution in [0, 0.1) is 11.6 Å². The first kappa shape index (κ1) is 17.2. The Morgan fingerprint density at radius 1 is 0.963 bits per heavy atom. The van der Waals surface area contributed by atoms with Crippen molar-refractivity contribution in [1.82, 2.24) is 9.88 Å². The zero-order chi connectivity index (χ0) is 18.8. The molecule has 2 heterocycles. The number of nitrogens with one attached hydrogen (secondary N) is 1. The molecule has 1 fully saturated rings. The molecule has 2 aromatic carbocycles. The van der Waals surface area contributed by atoms with Crippen LogP contribution in [0.15, 0.2) is 76.8 Å². The fraction of sp³-hybridized carbons (Fsp3) is 0. The van der Waals surface area contributed by atoms with E-state index in [0.717, 1.165) is 11.4 Å². The van der Waals surface area contributed by atoms with E-state index >= 15 is 0 Å². The number of rotatable bonds is 3. The Kier molecular flexibility index (Phi) is 4.60. The van der Waals surface area contributed by atoms with Crippen molar-refractivity contribution in [2.24, 2.45) is 4.99 Å². The van der Waals surface area contributed by atoms with Crippen LogP contribution in [-0.2, 0) is 4.79 Å². The summed E-state index contributed by atoms with van der Waals surface area (Å²) in [7, 11) is 0. The highest BCUT2D eigenvalue weighted by Crippen LogP contribution is 2.28. The predicted octanol–water partition coefficient (Wildman–Crippen LogP) is 4.65. The monoisotopic (exact) mass is 381 g/mol. The predicted molar refractivity (Wildman–Crippen MR) is 103 cm³/mol. The molecular formula is C20H13F2N3OS. The molecule has 0 spiro atoms. The smallest absolute Gasteiger partial charge is 0.264 e. The molecule has 1 N–H and O–H groups in total. The Labute approximate surface area is 158 Å². The third-order valence-corrected chi connectivity index (χ3v) is 4.78. The molecule has 4 nitrogen and oxygen atoms in total. The van der Waals surface area contributed by atoms with E-state index in [-0.39, 0.29) is 17.5 Å². The first-order valence-corrected chi connectivity index (χ1v) is 8.88. The second kappa shape index (κ2) is 7.20. The number of aromatic nitrogens is 1. The van der Waals surface area contributed by atoms with Crippen molar-refractivity contribution in [3.8, 4) is 5.69 Å². The molecule has 0 saturated carbocycles. The van der Waals surface area contributed by atoms with Gasteiger partial charge in [0.2, 0.25) is 0 Å². The van der Waals surface area contributed by atoms with E-state index in [9.17, 15) is 13.6 Å². The number of nitrogens with zero attached hydrogens (tertiary/aromatic N) is 2. The molecule has 1 amide bonds. The van der Waals surface area contributed by atoms with Crippen molar-refractivity contribution >= 4 is 34.6 Å². The molecule has 0 unspecified atom stereocenters. The van der Waals surface area contributed by atoms with E-state index in [2.05, 4.69) is 10.3 Å². The number of carbonyl (C=O) groups is 1. The van der Waals surface area contributed by atoms with Crippen molar-refractivity contribution < 1.29 is 13.6 Å². The Hall–Kier alpha value is -3.19. The van der Waals surface area contributed by atoms with Gasteiger partial charge in [-0.1, -0.05) is 0 Å². The first-order chi connectivity index (χ1) is 13.1. The van der Waals surface area contributed by atoms with Crippen LogP contribution in [0.2, 0.25) is 0 Å². The molecule has 3 aromatic rings. The number of amidine groups is 1. The summed E-state index contributed by atoms with van der Waals surface area (Å²) in [5.74, 6) is -0.907. The Morgan fingerprint density at radius 3 is 2.33 bits per heavy atom. The van der Waals surface area contributed by atoms with Crippen LogP contribution in [0.4, 0.5) is 14.5 Å². The van der Waals surface area contributed by atoms with Crippen LogP contribution in [-0.4, -0.2) is 15.6 Å². The Morgan fingerprint density at radius 2 is 1.63 bits per heavy atom. The summed E-state index contributed by atoms with van der Waals surface area (Å²) in [6.45, 7) is 0. The fourth-order valence-corrected chi connectivity index (χ4v) is 3.42. The van der Waals surface area contributed by atoms with Crippen molar-refractivity contribution in [2.45, 2.75) is 0 Å². The molecule has 0 bridgehead atoms. The maximum atomic E-state index is 13.1. The van der Waals surface area contributed by atoms with E-state index < -0.39 is 0 Å². The number of halogens is 2. The SMILES string of the molecule is O=C1NC(=Nc2ccc(F)cc2)S/C1=C/c1cccn1-c1ccc(F)cc1. The lowest BCUT2D eigenvalue weighted by atomic mass is 10.3. The number of hydrogen-bond donors (Lipinski definition) is 1. The number of aliphatic imine (C=N–C) groups is 1. The lowest BCUT2D eigenvalue weighted by Gasteiger charge is -2.06. The zero-order valence-corrected chi connectivity index (χ0v) is 14.7. The highest BCUT2D eigenvalue weighted by molar-refractivity contribution is 8.18. The summed E-state index contributed by atoms with van der Waals surface area (Å²) in [6.07, 6.45) is 3.58. The van der Waals surface area contributed by atoms with Gasteiger partial charge in [0.1, 0.15) is 11.6 Å². The normalized spacial score (nSPS) is 16.9. The van der Waals surface area contributed by atoms with Gasteiger partial charge in [0, 0.05) is 17.6 Å². The molecule has 0 radical (unpaired) electrons. The van der Waals surface area contributed by atoms with Crippen molar-refractivity contribution in [2.75, 3.05) is 0 Å². The summed E-state index contributed by atoms with van der Waals surface area (Å²) in [5, 5.41) is 3.13. The fourth-order valence-electron chi connectivity index (χ4n) is 2.60. The summed E-state index contributed by atoms with van der Waals surface area (Å²) in [4.78, 5) is 17.0. The summed E-state index contributed by atoms with van der Waals surface area (Å²) in [6, 6.07) is 15.5. The van der Waals surface area contributed by atoms with Gasteiger partial charge in [-0.25, -0.2) is 13.8 Å². The zero-order valence-electron chi connectivity index (χ0n) is 13.9. The molecule has 134 valence electrons. The van der Waals surface area contributed by atoms with Gasteiger partial charge in [0.05, 0.1) is 10.6 Å². The summed E-state index contributed by atoms with van der Waals surface area (Å²) >= 11 is 1.21. The van der Waals surface area contributed by atoms with E-state index in [0.29, 0.717) is 15.8 Å². The van der Waals surface area contributed by atoms with Crippen molar-refractivity contribution in [1.29, 1.82) is 0 Å². The topological polar surface area (TPSA) is 46.4 Å². The summed E-state index contributed by atoms with van der Waals surface area (Å²) in [5.41, 5.74) is 2.12. The average molecular weight is 381 g/mol. The standard InChI is InChI=1S/C20H13F2N3OS/c21-13-3-7-15(8-4-13)23-20-24-19(26)18(27-20)12-17-2-1-11-25(17)16-9-5-14(22)6-10-16/h1-12H,(H,23,24,26)/b18-12+. The second-order valence-corrected chi connectivity index (χ2v) is 6.77. The van der Waals surface area contributed by atoms with Gasteiger partial charge in [0.25, 0.3) is 5.91 Å². The highest BCUT2D eigenvalue weighted by atomic mass is 32.2. The highest BCUT2D eigenvalue weighted by Gasteiger charge is 2.24. The van der Waals surface area contributed by atoms with E-state index in [1.807, 2.05) is 22.9 Å². The van der Waals surface area contributed by atoms with Crippen molar-refractivity contribution in [3.63, 3.8) is 0 Å². The molecule has 1 aliphatic rings. The van der Waals surface area contributed by atoms with Gasteiger partial charge >= 0.3 is 0 Å². The molecule has 1 saturated heterocycles. The third kappa shape index (κ3) is 3.83. The molecule has 4 rings (SSSR count). The maximum Gasteiger partial charge on any atom is 0.264 e. The van der Waals surface area contributed by atoms with E-state index in [1.54, 1.807) is 18.2 Å². The summed E-state index contributed by atoms with van der Waals surface area (Å²) < 4.78 is 28.0. The molecule has 7 heteroatoms.